The predicted molar refractivity (Wildman–Crippen MR) is 71.7 cm³/mol. The third kappa shape index (κ3) is 3.59. The van der Waals surface area contributed by atoms with E-state index in [1.165, 1.54) is 11.8 Å². The summed E-state index contributed by atoms with van der Waals surface area (Å²) < 4.78 is 1.63. The number of hydrogen-bond acceptors (Lipinski definition) is 3. The van der Waals surface area contributed by atoms with Crippen LogP contribution in [0, 0.1) is 0 Å². The van der Waals surface area contributed by atoms with E-state index < -0.39 is 0 Å². The van der Waals surface area contributed by atoms with E-state index >= 15 is 0 Å². The lowest BCUT2D eigenvalue weighted by Gasteiger charge is -2.13. The van der Waals surface area contributed by atoms with Crippen LogP contribution in [0.15, 0.2) is 27.6 Å². The van der Waals surface area contributed by atoms with E-state index in [1.807, 2.05) is 31.1 Å². The number of thiocarbonyl (C=S) groups is 1. The number of aldehydes is 1. The van der Waals surface area contributed by atoms with Gasteiger partial charge in [0, 0.05) is 29.0 Å². The molecule has 0 aliphatic carbocycles. The van der Waals surface area contributed by atoms with Crippen LogP contribution < -0.4 is 0 Å². The van der Waals surface area contributed by atoms with E-state index in [0.717, 1.165) is 20.0 Å². The monoisotopic (exact) mass is 303 g/mol. The van der Waals surface area contributed by atoms with Gasteiger partial charge in [0.15, 0.2) is 6.29 Å². The van der Waals surface area contributed by atoms with E-state index in [0.29, 0.717) is 5.56 Å². The second-order valence-electron chi connectivity index (χ2n) is 3.06. The van der Waals surface area contributed by atoms with Crippen molar-refractivity contribution in [2.24, 2.45) is 0 Å². The molecule has 0 aromatic heterocycles. The number of hydrogen-bond donors (Lipinski definition) is 0. The summed E-state index contributed by atoms with van der Waals surface area (Å²) in [5.41, 5.74) is 0.651. The first kappa shape index (κ1) is 12.7. The predicted octanol–water partition coefficient (Wildman–Crippen LogP) is 3.20. The molecule has 1 aromatic carbocycles. The number of thioether (sulfide) groups is 1. The zero-order chi connectivity index (χ0) is 11.4. The van der Waals surface area contributed by atoms with Gasteiger partial charge < -0.3 is 4.90 Å². The van der Waals surface area contributed by atoms with Gasteiger partial charge in [-0.2, -0.15) is 0 Å². The Balaban J connectivity index is 2.94. The lowest BCUT2D eigenvalue weighted by atomic mass is 10.2. The summed E-state index contributed by atoms with van der Waals surface area (Å²) in [6.45, 7) is 0. The average molecular weight is 304 g/mol. The highest BCUT2D eigenvalue weighted by atomic mass is 79.9. The van der Waals surface area contributed by atoms with Gasteiger partial charge in [-0.25, -0.2) is 0 Å². The van der Waals surface area contributed by atoms with Crippen molar-refractivity contribution in [2.45, 2.75) is 4.90 Å². The Morgan fingerprint density at radius 2 is 2.20 bits per heavy atom. The lowest BCUT2D eigenvalue weighted by Crippen LogP contribution is -2.16. The molecule has 0 fully saturated rings. The van der Waals surface area contributed by atoms with E-state index in [2.05, 4.69) is 15.9 Å². The molecule has 2 nitrogen and oxygen atoms in total. The number of nitrogens with zero attached hydrogens (tertiary/aromatic N) is 1. The average Bonchev–Trinajstić information content (AvgIpc) is 2.20. The lowest BCUT2D eigenvalue weighted by molar-refractivity contribution is 0.112. The van der Waals surface area contributed by atoms with Crippen molar-refractivity contribution in [3.63, 3.8) is 0 Å². The highest BCUT2D eigenvalue weighted by Gasteiger charge is 2.07. The fraction of sp³-hybridized carbons (Fsp3) is 0.200. The molecule has 1 rings (SSSR count). The van der Waals surface area contributed by atoms with Gasteiger partial charge in [-0.1, -0.05) is 39.9 Å². The van der Waals surface area contributed by atoms with E-state index in [9.17, 15) is 4.79 Å². The fourth-order valence-corrected chi connectivity index (χ4v) is 2.27. The molecular weight excluding hydrogens is 294 g/mol. The molecule has 0 N–H and O–H groups in total. The minimum absolute atomic E-state index is 0.651. The molecule has 0 aliphatic heterocycles. The summed E-state index contributed by atoms with van der Waals surface area (Å²) in [6, 6.07) is 5.56. The largest absolute Gasteiger partial charge is 0.363 e. The van der Waals surface area contributed by atoms with Crippen molar-refractivity contribution >= 4 is 50.5 Å². The molecular formula is C10H10BrNOS2. The molecule has 0 aliphatic rings. The van der Waals surface area contributed by atoms with Gasteiger partial charge in [-0.15, -0.1) is 0 Å². The highest BCUT2D eigenvalue weighted by Crippen LogP contribution is 2.26. The highest BCUT2D eigenvalue weighted by molar-refractivity contribution is 9.10. The Hall–Kier alpha value is -0.390. The summed E-state index contributed by atoms with van der Waals surface area (Å²) in [5.74, 6) is 0. The third-order valence-corrected chi connectivity index (χ3v) is 3.90. The first-order chi connectivity index (χ1) is 7.04. The number of carbonyl (C=O) groups excluding carboxylic acids is 1. The molecule has 0 unspecified atom stereocenters. The van der Waals surface area contributed by atoms with Gasteiger partial charge in [-0.05, 0) is 18.2 Å². The standard InChI is InChI=1S/C10H10BrNOS2/c1-12(2)10(14)15-9-4-3-8(11)5-7(9)6-13/h3-6H,1-2H3. The molecule has 0 saturated heterocycles. The molecule has 0 amide bonds. The maximum Gasteiger partial charge on any atom is 0.151 e. The second-order valence-corrected chi connectivity index (χ2v) is 5.65. The van der Waals surface area contributed by atoms with Crippen LogP contribution in [0.25, 0.3) is 0 Å². The molecule has 0 radical (unpaired) electrons. The summed E-state index contributed by atoms with van der Waals surface area (Å²) in [6.07, 6.45) is 0.839. The van der Waals surface area contributed by atoms with Crippen molar-refractivity contribution in [2.75, 3.05) is 14.1 Å². The maximum absolute atomic E-state index is 10.8. The maximum atomic E-state index is 10.8. The number of benzene rings is 1. The SMILES string of the molecule is CN(C)C(=S)Sc1ccc(Br)cc1C=O. The minimum Gasteiger partial charge on any atom is -0.363 e. The molecule has 0 spiro atoms. The van der Waals surface area contributed by atoms with Crippen LogP contribution >= 0.6 is 39.9 Å². The smallest absolute Gasteiger partial charge is 0.151 e. The third-order valence-electron chi connectivity index (χ3n) is 1.66. The second kappa shape index (κ2) is 5.63. The van der Waals surface area contributed by atoms with Crippen LogP contribution in [0.5, 0.6) is 0 Å². The van der Waals surface area contributed by atoms with E-state index in [1.54, 1.807) is 6.07 Å². The van der Waals surface area contributed by atoms with Crippen molar-refractivity contribution in [3.8, 4) is 0 Å². The van der Waals surface area contributed by atoms with Crippen LogP contribution in [0.2, 0.25) is 0 Å². The molecule has 80 valence electrons. The fourth-order valence-electron chi connectivity index (χ4n) is 0.890. The summed E-state index contributed by atoms with van der Waals surface area (Å²) in [7, 11) is 3.77. The molecule has 15 heavy (non-hydrogen) atoms. The molecule has 1 aromatic rings. The van der Waals surface area contributed by atoms with E-state index in [4.69, 9.17) is 12.2 Å². The van der Waals surface area contributed by atoms with Crippen molar-refractivity contribution < 1.29 is 4.79 Å². The van der Waals surface area contributed by atoms with Gasteiger partial charge in [0.25, 0.3) is 0 Å². The summed E-state index contributed by atoms with van der Waals surface area (Å²) in [5, 5.41) is 0. The Kier molecular flexibility index (Phi) is 4.76. The Labute approximate surface area is 107 Å². The summed E-state index contributed by atoms with van der Waals surface area (Å²) in [4.78, 5) is 13.6. The summed E-state index contributed by atoms with van der Waals surface area (Å²) >= 11 is 9.90. The van der Waals surface area contributed by atoms with Gasteiger partial charge in [-0.3, -0.25) is 4.79 Å². The van der Waals surface area contributed by atoms with Gasteiger partial charge in [0.05, 0.1) is 0 Å². The van der Waals surface area contributed by atoms with Gasteiger partial charge in [0.2, 0.25) is 0 Å². The van der Waals surface area contributed by atoms with Crippen LogP contribution in [-0.4, -0.2) is 29.6 Å². The topological polar surface area (TPSA) is 20.3 Å². The normalized spacial score (nSPS) is 9.80. The quantitative estimate of drug-likeness (QED) is 0.475. The first-order valence-electron chi connectivity index (χ1n) is 4.18. The number of rotatable bonds is 2. The Bertz CT molecular complexity index is 393. The molecule has 5 heteroatoms. The first-order valence-corrected chi connectivity index (χ1v) is 6.20. The van der Waals surface area contributed by atoms with Crippen LogP contribution in [-0.2, 0) is 0 Å². The molecule has 0 atom stereocenters. The zero-order valence-corrected chi connectivity index (χ0v) is 11.6. The minimum atomic E-state index is 0.651. The Morgan fingerprint density at radius 1 is 1.53 bits per heavy atom. The molecule has 0 heterocycles. The van der Waals surface area contributed by atoms with Crippen molar-refractivity contribution in [1.82, 2.24) is 4.90 Å². The number of carbonyl (C=O) groups is 1. The Morgan fingerprint density at radius 3 is 2.73 bits per heavy atom. The number of halogens is 1. The van der Waals surface area contributed by atoms with Gasteiger partial charge >= 0.3 is 0 Å². The van der Waals surface area contributed by atoms with Gasteiger partial charge in [0.1, 0.15) is 4.32 Å². The molecule has 0 saturated carbocycles. The van der Waals surface area contributed by atoms with Crippen molar-refractivity contribution in [3.05, 3.63) is 28.2 Å². The molecule has 0 bridgehead atoms. The van der Waals surface area contributed by atoms with E-state index in [-0.39, 0.29) is 0 Å². The van der Waals surface area contributed by atoms with Crippen LogP contribution in [0.3, 0.4) is 0 Å². The van der Waals surface area contributed by atoms with Crippen molar-refractivity contribution in [1.29, 1.82) is 0 Å². The van der Waals surface area contributed by atoms with Crippen LogP contribution in [0.1, 0.15) is 10.4 Å². The van der Waals surface area contributed by atoms with Crippen LogP contribution in [0.4, 0.5) is 0 Å². The zero-order valence-electron chi connectivity index (χ0n) is 8.36.